The fourth-order valence-electron chi connectivity index (χ4n) is 1.67. The van der Waals surface area contributed by atoms with Gasteiger partial charge >= 0.3 is 0 Å². The fourth-order valence-corrected chi connectivity index (χ4v) is 3.04. The largest absolute Gasteiger partial charge is 0.397 e. The number of amides is 1. The summed E-state index contributed by atoms with van der Waals surface area (Å²) in [5.41, 5.74) is 6.66. The SMILES string of the molecule is Cc1cccc(S(=O)(=O)CC(=O)NC2CC2)c1N. The molecule has 2 rings (SSSR count). The molecule has 98 valence electrons. The third-order valence-electron chi connectivity index (χ3n) is 2.88. The van der Waals surface area contributed by atoms with Gasteiger partial charge in [-0.1, -0.05) is 12.1 Å². The maximum atomic E-state index is 12.1. The number of sulfone groups is 1. The number of nitrogen functional groups attached to an aromatic ring is 1. The topological polar surface area (TPSA) is 89.3 Å². The average molecular weight is 268 g/mol. The summed E-state index contributed by atoms with van der Waals surface area (Å²) in [6.07, 6.45) is 1.86. The number of hydrogen-bond acceptors (Lipinski definition) is 4. The Morgan fingerprint density at radius 3 is 2.72 bits per heavy atom. The van der Waals surface area contributed by atoms with Crippen LogP contribution in [-0.2, 0) is 14.6 Å². The molecule has 3 N–H and O–H groups in total. The van der Waals surface area contributed by atoms with Gasteiger partial charge in [-0.05, 0) is 31.4 Å². The summed E-state index contributed by atoms with van der Waals surface area (Å²) in [6, 6.07) is 4.94. The van der Waals surface area contributed by atoms with Gasteiger partial charge in [-0.2, -0.15) is 0 Å². The summed E-state index contributed by atoms with van der Waals surface area (Å²) in [5.74, 6) is -1.00. The van der Waals surface area contributed by atoms with Crippen molar-refractivity contribution in [3.05, 3.63) is 23.8 Å². The Bertz CT molecular complexity index is 577. The van der Waals surface area contributed by atoms with E-state index in [1.165, 1.54) is 6.07 Å². The summed E-state index contributed by atoms with van der Waals surface area (Å²) in [5, 5.41) is 2.65. The molecular weight excluding hydrogens is 252 g/mol. The summed E-state index contributed by atoms with van der Waals surface area (Å²) < 4.78 is 24.2. The number of nitrogens with one attached hydrogen (secondary N) is 1. The van der Waals surface area contributed by atoms with Gasteiger partial charge in [-0.25, -0.2) is 8.42 Å². The van der Waals surface area contributed by atoms with E-state index in [2.05, 4.69) is 5.32 Å². The Hall–Kier alpha value is -1.56. The minimum absolute atomic E-state index is 0.0356. The van der Waals surface area contributed by atoms with Crippen molar-refractivity contribution in [1.82, 2.24) is 5.32 Å². The van der Waals surface area contributed by atoms with E-state index in [1.54, 1.807) is 19.1 Å². The van der Waals surface area contributed by atoms with Crippen LogP contribution in [0, 0.1) is 6.92 Å². The number of para-hydroxylation sites is 1. The van der Waals surface area contributed by atoms with Crippen LogP contribution in [0.2, 0.25) is 0 Å². The Morgan fingerprint density at radius 1 is 1.44 bits per heavy atom. The van der Waals surface area contributed by atoms with Gasteiger partial charge in [0.05, 0.1) is 10.6 Å². The van der Waals surface area contributed by atoms with Crippen LogP contribution in [0.25, 0.3) is 0 Å². The maximum absolute atomic E-state index is 12.1. The molecule has 1 saturated carbocycles. The van der Waals surface area contributed by atoms with Crippen molar-refractivity contribution in [3.8, 4) is 0 Å². The predicted molar refractivity (Wildman–Crippen MR) is 68.8 cm³/mol. The molecule has 0 aliphatic heterocycles. The van der Waals surface area contributed by atoms with Crippen LogP contribution in [0.1, 0.15) is 18.4 Å². The lowest BCUT2D eigenvalue weighted by atomic mass is 10.2. The molecular formula is C12H16N2O3S. The monoisotopic (exact) mass is 268 g/mol. The predicted octanol–water partition coefficient (Wildman–Crippen LogP) is 0.630. The van der Waals surface area contributed by atoms with Gasteiger partial charge < -0.3 is 11.1 Å². The zero-order valence-electron chi connectivity index (χ0n) is 10.1. The Morgan fingerprint density at radius 2 is 2.11 bits per heavy atom. The molecule has 0 unspecified atom stereocenters. The first-order valence-electron chi connectivity index (χ1n) is 5.77. The molecule has 1 aromatic rings. The Kier molecular flexibility index (Phi) is 3.30. The van der Waals surface area contributed by atoms with Crippen molar-refractivity contribution in [3.63, 3.8) is 0 Å². The van der Waals surface area contributed by atoms with Crippen LogP contribution < -0.4 is 11.1 Å². The van der Waals surface area contributed by atoms with Crippen molar-refractivity contribution in [2.75, 3.05) is 11.5 Å². The fraction of sp³-hybridized carbons (Fsp3) is 0.417. The van der Waals surface area contributed by atoms with E-state index in [0.717, 1.165) is 12.8 Å². The van der Waals surface area contributed by atoms with Gasteiger partial charge in [0.2, 0.25) is 5.91 Å². The lowest BCUT2D eigenvalue weighted by Gasteiger charge is -2.09. The first kappa shape index (κ1) is 12.9. The summed E-state index contributed by atoms with van der Waals surface area (Å²) in [7, 11) is -3.67. The number of nitrogens with two attached hydrogens (primary N) is 1. The molecule has 18 heavy (non-hydrogen) atoms. The Labute approximate surface area is 106 Å². The van der Waals surface area contributed by atoms with Gasteiger partial charge in [0.15, 0.2) is 9.84 Å². The second kappa shape index (κ2) is 4.61. The number of benzene rings is 1. The summed E-state index contributed by atoms with van der Waals surface area (Å²) in [6.45, 7) is 1.73. The van der Waals surface area contributed by atoms with Crippen LogP contribution in [-0.4, -0.2) is 26.1 Å². The molecule has 0 saturated heterocycles. The average Bonchev–Trinajstić information content (AvgIpc) is 3.04. The second-order valence-electron chi connectivity index (χ2n) is 4.59. The van der Waals surface area contributed by atoms with E-state index in [0.29, 0.717) is 5.56 Å². The van der Waals surface area contributed by atoms with Crippen molar-refractivity contribution in [2.24, 2.45) is 0 Å². The van der Waals surface area contributed by atoms with Gasteiger partial charge in [-0.3, -0.25) is 4.79 Å². The Balaban J connectivity index is 2.19. The van der Waals surface area contributed by atoms with Crippen LogP contribution in [0.5, 0.6) is 0 Å². The van der Waals surface area contributed by atoms with Crippen LogP contribution in [0.3, 0.4) is 0 Å². The van der Waals surface area contributed by atoms with Crippen molar-refractivity contribution >= 4 is 21.4 Å². The van der Waals surface area contributed by atoms with E-state index >= 15 is 0 Å². The first-order valence-corrected chi connectivity index (χ1v) is 7.42. The molecule has 1 aliphatic rings. The summed E-state index contributed by atoms with van der Waals surface area (Å²) >= 11 is 0. The van der Waals surface area contributed by atoms with E-state index in [1.807, 2.05) is 0 Å². The highest BCUT2D eigenvalue weighted by atomic mass is 32.2. The third kappa shape index (κ3) is 2.81. The van der Waals surface area contributed by atoms with Gasteiger partial charge in [-0.15, -0.1) is 0 Å². The number of carbonyl (C=O) groups excluding carboxylic acids is 1. The molecule has 0 atom stereocenters. The van der Waals surface area contributed by atoms with E-state index in [4.69, 9.17) is 5.73 Å². The minimum Gasteiger partial charge on any atom is -0.397 e. The molecule has 0 heterocycles. The van der Waals surface area contributed by atoms with Gasteiger partial charge in [0.1, 0.15) is 5.75 Å². The number of hydrogen-bond donors (Lipinski definition) is 2. The molecule has 1 amide bonds. The van der Waals surface area contributed by atoms with Gasteiger partial charge in [0.25, 0.3) is 0 Å². The molecule has 1 fully saturated rings. The zero-order chi connectivity index (χ0) is 13.3. The number of rotatable bonds is 4. The molecule has 1 aliphatic carbocycles. The molecule has 1 aromatic carbocycles. The summed E-state index contributed by atoms with van der Waals surface area (Å²) in [4.78, 5) is 11.6. The molecule has 0 aromatic heterocycles. The van der Waals surface area contributed by atoms with Crippen LogP contribution >= 0.6 is 0 Å². The van der Waals surface area contributed by atoms with Crippen LogP contribution in [0.15, 0.2) is 23.1 Å². The highest BCUT2D eigenvalue weighted by Gasteiger charge is 2.27. The minimum atomic E-state index is -3.67. The molecule has 0 spiro atoms. The highest BCUT2D eigenvalue weighted by molar-refractivity contribution is 7.92. The molecule has 5 nitrogen and oxygen atoms in total. The lowest BCUT2D eigenvalue weighted by molar-refractivity contribution is -0.118. The highest BCUT2D eigenvalue weighted by Crippen LogP contribution is 2.23. The number of carbonyl (C=O) groups is 1. The van der Waals surface area contributed by atoms with Gasteiger partial charge in [0, 0.05) is 6.04 Å². The first-order chi connectivity index (χ1) is 8.40. The second-order valence-corrected chi connectivity index (χ2v) is 6.55. The van der Waals surface area contributed by atoms with Crippen LogP contribution in [0.4, 0.5) is 5.69 Å². The van der Waals surface area contributed by atoms with Crippen molar-refractivity contribution < 1.29 is 13.2 Å². The third-order valence-corrected chi connectivity index (χ3v) is 4.55. The van der Waals surface area contributed by atoms with E-state index in [9.17, 15) is 13.2 Å². The number of aryl methyl sites for hydroxylation is 1. The molecule has 0 bridgehead atoms. The molecule has 0 radical (unpaired) electrons. The number of anilines is 1. The van der Waals surface area contributed by atoms with E-state index in [-0.39, 0.29) is 16.6 Å². The van der Waals surface area contributed by atoms with E-state index < -0.39 is 21.5 Å². The van der Waals surface area contributed by atoms with Crippen molar-refractivity contribution in [1.29, 1.82) is 0 Å². The smallest absolute Gasteiger partial charge is 0.235 e. The quantitative estimate of drug-likeness (QED) is 0.784. The maximum Gasteiger partial charge on any atom is 0.235 e. The lowest BCUT2D eigenvalue weighted by Crippen LogP contribution is -2.32. The van der Waals surface area contributed by atoms with Crippen molar-refractivity contribution in [2.45, 2.75) is 30.7 Å². The normalized spacial score (nSPS) is 15.4. The molecule has 6 heteroatoms. The zero-order valence-corrected chi connectivity index (χ0v) is 11.0. The standard InChI is InChI=1S/C12H16N2O3S/c1-8-3-2-4-10(12(8)13)18(16,17)7-11(15)14-9-5-6-9/h2-4,9H,5-7,13H2,1H3,(H,14,15).